The lowest BCUT2D eigenvalue weighted by molar-refractivity contribution is -0.185. The Morgan fingerprint density at radius 3 is 2.45 bits per heavy atom. The molecule has 2 saturated carbocycles. The number of hydrogen-bond donors (Lipinski definition) is 0. The molecule has 0 radical (unpaired) electrons. The Labute approximate surface area is 189 Å². The van der Waals surface area contributed by atoms with Crippen molar-refractivity contribution < 1.29 is 23.9 Å². The van der Waals surface area contributed by atoms with E-state index in [2.05, 4.69) is 19.9 Å². The molecule has 0 amide bonds. The molecule has 31 heavy (non-hydrogen) atoms. The molecule has 0 N–H and O–H groups in total. The van der Waals surface area contributed by atoms with Crippen molar-refractivity contribution in [2.45, 2.75) is 65.4 Å². The van der Waals surface area contributed by atoms with Crippen LogP contribution in [0.2, 0.25) is 0 Å². The van der Waals surface area contributed by atoms with Gasteiger partial charge in [0, 0.05) is 36.3 Å². The number of esters is 1. The lowest BCUT2D eigenvalue weighted by Gasteiger charge is -2.59. The van der Waals surface area contributed by atoms with Gasteiger partial charge in [-0.05, 0) is 67.9 Å². The molecule has 0 aliphatic heterocycles. The summed E-state index contributed by atoms with van der Waals surface area (Å²) in [6, 6.07) is 0. The highest BCUT2D eigenvalue weighted by atomic mass is 35.5. The Bertz CT molecular complexity index is 890. The zero-order valence-corrected chi connectivity index (χ0v) is 19.9. The third kappa shape index (κ3) is 3.02. The fourth-order valence-electron chi connectivity index (χ4n) is 7.76. The van der Waals surface area contributed by atoms with E-state index >= 15 is 0 Å². The van der Waals surface area contributed by atoms with E-state index in [-0.39, 0.29) is 34.7 Å². The van der Waals surface area contributed by atoms with Gasteiger partial charge in [0.25, 0.3) is 0 Å². The van der Waals surface area contributed by atoms with Crippen LogP contribution in [0.25, 0.3) is 0 Å². The Balaban J connectivity index is 1.81. The molecule has 0 spiro atoms. The van der Waals surface area contributed by atoms with Crippen LogP contribution < -0.4 is 0 Å². The first-order valence-corrected chi connectivity index (χ1v) is 11.7. The van der Waals surface area contributed by atoms with Crippen LogP contribution in [0.5, 0.6) is 0 Å². The predicted octanol–water partition coefficient (Wildman–Crippen LogP) is 4.62. The third-order valence-electron chi connectivity index (χ3n) is 9.25. The summed E-state index contributed by atoms with van der Waals surface area (Å²) in [6.45, 7) is 7.81. The summed E-state index contributed by atoms with van der Waals surface area (Å²) in [4.78, 5) is 37.3. The first-order valence-electron chi connectivity index (χ1n) is 11.3. The molecule has 7 atom stereocenters. The van der Waals surface area contributed by atoms with Crippen LogP contribution in [0.1, 0.15) is 59.8 Å². The fraction of sp³-hybridized carbons (Fsp3) is 0.720. The van der Waals surface area contributed by atoms with E-state index in [9.17, 15) is 14.4 Å². The average Bonchev–Trinajstić information content (AvgIpc) is 2.97. The minimum absolute atomic E-state index is 0.0654. The highest BCUT2D eigenvalue weighted by Crippen LogP contribution is 2.68. The lowest BCUT2D eigenvalue weighted by atomic mass is 9.46. The zero-order valence-electron chi connectivity index (χ0n) is 19.1. The molecule has 0 aromatic carbocycles. The monoisotopic (exact) mass is 448 g/mol. The van der Waals surface area contributed by atoms with Crippen molar-refractivity contribution in [3.63, 3.8) is 0 Å². The summed E-state index contributed by atoms with van der Waals surface area (Å²) in [7, 11) is 1.68. The molecule has 0 aromatic heterocycles. The zero-order chi connectivity index (χ0) is 22.8. The Hall–Kier alpha value is -1.46. The molecule has 0 heterocycles. The molecular formula is C25H33ClO5. The van der Waals surface area contributed by atoms with Crippen LogP contribution in [0.3, 0.4) is 0 Å². The molecule has 170 valence electrons. The van der Waals surface area contributed by atoms with Gasteiger partial charge in [0.15, 0.2) is 17.2 Å². The molecular weight excluding hydrogens is 416 g/mol. The van der Waals surface area contributed by atoms with E-state index in [4.69, 9.17) is 21.1 Å². The Kier molecular flexibility index (Phi) is 5.54. The largest absolute Gasteiger partial charge is 0.451 e. The van der Waals surface area contributed by atoms with Crippen molar-refractivity contribution in [1.29, 1.82) is 0 Å². The average molecular weight is 449 g/mol. The van der Waals surface area contributed by atoms with Crippen LogP contribution in [0.15, 0.2) is 22.8 Å². The second-order valence-electron chi connectivity index (χ2n) is 10.4. The highest BCUT2D eigenvalue weighted by molar-refractivity contribution is 6.32. The van der Waals surface area contributed by atoms with Gasteiger partial charge in [-0.3, -0.25) is 14.4 Å². The van der Waals surface area contributed by atoms with Crippen LogP contribution in [0, 0.1) is 34.5 Å². The maximum absolute atomic E-state index is 12.9. The van der Waals surface area contributed by atoms with E-state index in [0.29, 0.717) is 30.4 Å². The molecule has 6 heteroatoms. The summed E-state index contributed by atoms with van der Waals surface area (Å²) in [5, 5.41) is 0.648. The maximum Gasteiger partial charge on any atom is 0.303 e. The highest BCUT2D eigenvalue weighted by Gasteiger charge is 2.68. The van der Waals surface area contributed by atoms with Gasteiger partial charge in [-0.1, -0.05) is 31.5 Å². The molecule has 0 saturated heterocycles. The summed E-state index contributed by atoms with van der Waals surface area (Å²) in [6.07, 6.45) is 7.38. The van der Waals surface area contributed by atoms with Gasteiger partial charge in [-0.15, -0.1) is 0 Å². The standard InChI is InChI=1S/C25H33ClO5/c1-14(27)25(31-15(2)28)9-7-19-18-12-22(26)21-11-17(29)10-16(13-30-5)24(21,4)20(18)6-8-23(19,25)3/h11-12,16,18-20H,6-10,13H2,1-5H3/t16-,18-,19+,20+,23-,24+,25+/m0/s1. The van der Waals surface area contributed by atoms with Crippen molar-refractivity contribution in [3.8, 4) is 0 Å². The summed E-state index contributed by atoms with van der Waals surface area (Å²) < 4.78 is 11.4. The molecule has 0 unspecified atom stereocenters. The van der Waals surface area contributed by atoms with Gasteiger partial charge in [0.1, 0.15) is 0 Å². The number of carbonyl (C=O) groups excluding carboxylic acids is 3. The van der Waals surface area contributed by atoms with Crippen LogP contribution in [-0.4, -0.2) is 36.9 Å². The number of ketones is 2. The topological polar surface area (TPSA) is 69.7 Å². The molecule has 4 aliphatic carbocycles. The molecule has 4 rings (SSSR count). The van der Waals surface area contributed by atoms with Crippen molar-refractivity contribution in [1.82, 2.24) is 0 Å². The van der Waals surface area contributed by atoms with Crippen molar-refractivity contribution >= 4 is 29.1 Å². The molecule has 2 fully saturated rings. The molecule has 4 aliphatic rings. The number of hydrogen-bond acceptors (Lipinski definition) is 5. The SMILES string of the molecule is COC[C@@H]1CC(=O)C=C2C(Cl)=C[C@@H]3[C@@H](CC[C@@]4(C)[C@@H]3CC[C@@]4(OC(C)=O)C(C)=O)[C@]21C. The van der Waals surface area contributed by atoms with Gasteiger partial charge >= 0.3 is 5.97 Å². The minimum Gasteiger partial charge on any atom is -0.451 e. The summed E-state index contributed by atoms with van der Waals surface area (Å²) >= 11 is 6.83. The molecule has 0 bridgehead atoms. The Morgan fingerprint density at radius 2 is 1.84 bits per heavy atom. The van der Waals surface area contributed by atoms with Gasteiger partial charge in [0.05, 0.1) is 6.61 Å². The summed E-state index contributed by atoms with van der Waals surface area (Å²) in [5.41, 5.74) is -0.823. The lowest BCUT2D eigenvalue weighted by Crippen LogP contribution is -2.59. The number of halogens is 1. The number of carbonyl (C=O) groups is 3. The quantitative estimate of drug-likeness (QED) is 0.586. The second kappa shape index (κ2) is 7.55. The van der Waals surface area contributed by atoms with Crippen molar-refractivity contribution in [2.75, 3.05) is 13.7 Å². The maximum atomic E-state index is 12.9. The second-order valence-corrected chi connectivity index (χ2v) is 10.8. The van der Waals surface area contributed by atoms with Gasteiger partial charge in [-0.25, -0.2) is 0 Å². The van der Waals surface area contributed by atoms with E-state index in [0.717, 1.165) is 24.8 Å². The smallest absolute Gasteiger partial charge is 0.303 e. The van der Waals surface area contributed by atoms with Crippen molar-refractivity contribution in [2.24, 2.45) is 34.5 Å². The number of rotatable bonds is 4. The summed E-state index contributed by atoms with van der Waals surface area (Å²) in [5.74, 6) is 0.347. The molecule has 5 nitrogen and oxygen atoms in total. The first kappa shape index (κ1) is 22.7. The third-order valence-corrected chi connectivity index (χ3v) is 9.58. The number of allylic oxidation sites excluding steroid dienone is 4. The van der Waals surface area contributed by atoms with Crippen molar-refractivity contribution in [3.05, 3.63) is 22.8 Å². The van der Waals surface area contributed by atoms with Gasteiger partial charge in [-0.2, -0.15) is 0 Å². The molecule has 0 aromatic rings. The van der Waals surface area contributed by atoms with E-state index < -0.39 is 17.0 Å². The first-order chi connectivity index (χ1) is 14.5. The van der Waals surface area contributed by atoms with E-state index in [1.807, 2.05) is 0 Å². The van der Waals surface area contributed by atoms with Crippen LogP contribution in [0.4, 0.5) is 0 Å². The van der Waals surface area contributed by atoms with Gasteiger partial charge in [0.2, 0.25) is 0 Å². The van der Waals surface area contributed by atoms with Crippen LogP contribution >= 0.6 is 11.6 Å². The van der Waals surface area contributed by atoms with E-state index in [1.165, 1.54) is 6.92 Å². The Morgan fingerprint density at radius 1 is 1.16 bits per heavy atom. The minimum atomic E-state index is -1.07. The number of fused-ring (bicyclic) bond motifs is 5. The number of Topliss-reactive ketones (excluding diaryl/α,β-unsaturated/α-hetero) is 1. The van der Waals surface area contributed by atoms with E-state index in [1.54, 1.807) is 20.1 Å². The normalized spacial score (nSPS) is 43.9. The van der Waals surface area contributed by atoms with Crippen LogP contribution in [-0.2, 0) is 23.9 Å². The van der Waals surface area contributed by atoms with Gasteiger partial charge < -0.3 is 9.47 Å². The predicted molar refractivity (Wildman–Crippen MR) is 117 cm³/mol. The number of methoxy groups -OCH3 is 1. The fourth-order valence-corrected chi connectivity index (χ4v) is 8.16. The number of ether oxygens (including phenoxy) is 2.